The molecular weight excluding hydrogens is 346 g/mol. The Hall–Kier alpha value is -1.51. The summed E-state index contributed by atoms with van der Waals surface area (Å²) in [6.45, 7) is 2.83. The smallest absolute Gasteiger partial charge is 0.223 e. The Labute approximate surface area is 171 Å². The van der Waals surface area contributed by atoms with Gasteiger partial charge in [0.1, 0.15) is 5.75 Å². The molecule has 28 heavy (non-hydrogen) atoms. The number of carbonyl (C=O) groups is 1. The van der Waals surface area contributed by atoms with Crippen molar-refractivity contribution in [2.45, 2.75) is 109 Å². The molecule has 1 aromatic carbocycles. The summed E-state index contributed by atoms with van der Waals surface area (Å²) < 4.78 is 5.89. The van der Waals surface area contributed by atoms with Gasteiger partial charge in [-0.25, -0.2) is 0 Å². The molecule has 3 rings (SSSR count). The van der Waals surface area contributed by atoms with Crippen LogP contribution in [0.5, 0.6) is 5.75 Å². The second kappa shape index (κ2) is 11.5. The highest BCUT2D eigenvalue weighted by Crippen LogP contribution is 2.31. The normalized spacial score (nSPS) is 18.8. The van der Waals surface area contributed by atoms with E-state index >= 15 is 0 Å². The standard InChI is InChI=1S/C25H39NO2/c1-2-10-21-16-18-24(19-17-21)28-20-9-15-25(27)26(22-11-5-3-6-12-22)23-13-7-4-8-14-23/h16-19,22-23H,2-15,20H2,1H3. The molecule has 0 unspecified atom stereocenters. The summed E-state index contributed by atoms with van der Waals surface area (Å²) in [6, 6.07) is 9.41. The van der Waals surface area contributed by atoms with E-state index in [0.29, 0.717) is 31.0 Å². The van der Waals surface area contributed by atoms with Crippen molar-refractivity contribution >= 4 is 5.91 Å². The third kappa shape index (κ3) is 6.25. The highest BCUT2D eigenvalue weighted by molar-refractivity contribution is 5.77. The fraction of sp³-hybridized carbons (Fsp3) is 0.720. The van der Waals surface area contributed by atoms with Crippen LogP contribution in [0.2, 0.25) is 0 Å². The number of carbonyl (C=O) groups excluding carboxylic acids is 1. The molecule has 2 fully saturated rings. The first-order valence-electron chi connectivity index (χ1n) is 11.8. The van der Waals surface area contributed by atoms with Gasteiger partial charge in [0, 0.05) is 18.5 Å². The summed E-state index contributed by atoms with van der Waals surface area (Å²) in [4.78, 5) is 15.5. The van der Waals surface area contributed by atoms with Crippen molar-refractivity contribution in [2.24, 2.45) is 0 Å². The van der Waals surface area contributed by atoms with Crippen LogP contribution in [-0.4, -0.2) is 29.5 Å². The van der Waals surface area contributed by atoms with Gasteiger partial charge in [-0.05, 0) is 56.2 Å². The quantitative estimate of drug-likeness (QED) is 0.467. The first-order valence-corrected chi connectivity index (χ1v) is 11.8. The Balaban J connectivity index is 1.47. The van der Waals surface area contributed by atoms with Crippen LogP contribution in [-0.2, 0) is 11.2 Å². The molecule has 3 nitrogen and oxygen atoms in total. The molecule has 2 aliphatic carbocycles. The number of amides is 1. The minimum absolute atomic E-state index is 0.376. The average molecular weight is 386 g/mol. The lowest BCUT2D eigenvalue weighted by Gasteiger charge is -2.42. The average Bonchev–Trinajstić information content (AvgIpc) is 2.74. The van der Waals surface area contributed by atoms with E-state index in [1.807, 2.05) is 0 Å². The fourth-order valence-corrected chi connectivity index (χ4v) is 5.01. The van der Waals surface area contributed by atoms with Gasteiger partial charge < -0.3 is 9.64 Å². The minimum atomic E-state index is 0.376. The zero-order valence-corrected chi connectivity index (χ0v) is 17.8. The van der Waals surface area contributed by atoms with Gasteiger partial charge in [0.05, 0.1) is 6.61 Å². The Morgan fingerprint density at radius 3 is 2.04 bits per heavy atom. The molecule has 0 atom stereocenters. The van der Waals surface area contributed by atoms with Crippen molar-refractivity contribution in [1.82, 2.24) is 4.90 Å². The fourth-order valence-electron chi connectivity index (χ4n) is 5.01. The summed E-state index contributed by atoms with van der Waals surface area (Å²) in [6.07, 6.45) is 16.4. The van der Waals surface area contributed by atoms with Crippen LogP contribution in [0.4, 0.5) is 0 Å². The van der Waals surface area contributed by atoms with E-state index in [2.05, 4.69) is 36.1 Å². The van der Waals surface area contributed by atoms with Gasteiger partial charge in [-0.3, -0.25) is 4.79 Å². The number of rotatable bonds is 9. The van der Waals surface area contributed by atoms with Gasteiger partial charge in [0.25, 0.3) is 0 Å². The third-order valence-electron chi connectivity index (χ3n) is 6.49. The molecular formula is C25H39NO2. The molecule has 156 valence electrons. The Morgan fingerprint density at radius 1 is 0.929 bits per heavy atom. The lowest BCUT2D eigenvalue weighted by Crippen LogP contribution is -2.48. The number of benzene rings is 1. The van der Waals surface area contributed by atoms with Crippen LogP contribution in [0.3, 0.4) is 0 Å². The topological polar surface area (TPSA) is 29.5 Å². The van der Waals surface area contributed by atoms with E-state index in [1.54, 1.807) is 0 Å². The second-order valence-corrected chi connectivity index (χ2v) is 8.73. The molecule has 1 amide bonds. The van der Waals surface area contributed by atoms with E-state index in [1.165, 1.54) is 76.2 Å². The molecule has 2 saturated carbocycles. The molecule has 0 radical (unpaired) electrons. The SMILES string of the molecule is CCCc1ccc(OCCCC(=O)N(C2CCCCC2)C2CCCCC2)cc1. The molecule has 0 saturated heterocycles. The van der Waals surface area contributed by atoms with Crippen LogP contribution >= 0.6 is 0 Å². The summed E-state index contributed by atoms with van der Waals surface area (Å²) in [7, 11) is 0. The molecule has 2 aliphatic rings. The van der Waals surface area contributed by atoms with Gasteiger partial charge in [-0.1, -0.05) is 64.0 Å². The van der Waals surface area contributed by atoms with Crippen molar-refractivity contribution in [3.63, 3.8) is 0 Å². The maximum Gasteiger partial charge on any atom is 0.223 e. The van der Waals surface area contributed by atoms with E-state index in [-0.39, 0.29) is 0 Å². The number of ether oxygens (including phenoxy) is 1. The predicted octanol–water partition coefficient (Wildman–Crippen LogP) is 6.29. The molecule has 0 N–H and O–H groups in total. The molecule has 1 aromatic rings. The summed E-state index contributed by atoms with van der Waals surface area (Å²) in [5.74, 6) is 1.30. The summed E-state index contributed by atoms with van der Waals surface area (Å²) in [5.41, 5.74) is 1.36. The van der Waals surface area contributed by atoms with Crippen molar-refractivity contribution in [3.05, 3.63) is 29.8 Å². The first-order chi connectivity index (χ1) is 13.8. The van der Waals surface area contributed by atoms with E-state index in [4.69, 9.17) is 4.74 Å². The molecule has 0 aliphatic heterocycles. The zero-order valence-electron chi connectivity index (χ0n) is 17.8. The summed E-state index contributed by atoms with van der Waals surface area (Å²) in [5, 5.41) is 0. The lowest BCUT2D eigenvalue weighted by atomic mass is 9.88. The Morgan fingerprint density at radius 2 is 1.50 bits per heavy atom. The zero-order chi connectivity index (χ0) is 19.6. The minimum Gasteiger partial charge on any atom is -0.494 e. The number of hydrogen-bond donors (Lipinski definition) is 0. The van der Waals surface area contributed by atoms with Gasteiger partial charge in [0.15, 0.2) is 0 Å². The van der Waals surface area contributed by atoms with Crippen LogP contribution in [0.15, 0.2) is 24.3 Å². The highest BCUT2D eigenvalue weighted by Gasteiger charge is 2.31. The largest absolute Gasteiger partial charge is 0.494 e. The molecule has 0 bridgehead atoms. The van der Waals surface area contributed by atoms with Crippen LogP contribution in [0, 0.1) is 0 Å². The monoisotopic (exact) mass is 385 g/mol. The van der Waals surface area contributed by atoms with Crippen LogP contribution in [0.25, 0.3) is 0 Å². The Kier molecular flexibility index (Phi) is 8.70. The number of hydrogen-bond acceptors (Lipinski definition) is 2. The van der Waals surface area contributed by atoms with Crippen molar-refractivity contribution in [1.29, 1.82) is 0 Å². The Bertz CT molecular complexity index is 553. The van der Waals surface area contributed by atoms with E-state index in [9.17, 15) is 4.79 Å². The molecule has 0 heterocycles. The predicted molar refractivity (Wildman–Crippen MR) is 116 cm³/mol. The molecule has 3 heteroatoms. The molecule has 0 spiro atoms. The van der Waals surface area contributed by atoms with E-state index < -0.39 is 0 Å². The maximum absolute atomic E-state index is 13.1. The summed E-state index contributed by atoms with van der Waals surface area (Å²) >= 11 is 0. The van der Waals surface area contributed by atoms with E-state index in [0.717, 1.165) is 18.6 Å². The lowest BCUT2D eigenvalue weighted by molar-refractivity contribution is -0.138. The number of aryl methyl sites for hydroxylation is 1. The third-order valence-corrected chi connectivity index (χ3v) is 6.49. The van der Waals surface area contributed by atoms with Gasteiger partial charge >= 0.3 is 0 Å². The number of nitrogens with zero attached hydrogens (tertiary/aromatic N) is 1. The van der Waals surface area contributed by atoms with Crippen molar-refractivity contribution < 1.29 is 9.53 Å². The van der Waals surface area contributed by atoms with Gasteiger partial charge in [-0.2, -0.15) is 0 Å². The van der Waals surface area contributed by atoms with Crippen molar-refractivity contribution in [2.75, 3.05) is 6.61 Å². The second-order valence-electron chi connectivity index (χ2n) is 8.73. The van der Waals surface area contributed by atoms with Crippen LogP contribution < -0.4 is 4.74 Å². The highest BCUT2D eigenvalue weighted by atomic mass is 16.5. The first kappa shape index (κ1) is 21.2. The van der Waals surface area contributed by atoms with Gasteiger partial charge in [0.2, 0.25) is 5.91 Å². The molecule has 0 aromatic heterocycles. The van der Waals surface area contributed by atoms with Gasteiger partial charge in [-0.15, -0.1) is 0 Å². The maximum atomic E-state index is 13.1. The van der Waals surface area contributed by atoms with Crippen LogP contribution in [0.1, 0.15) is 96.0 Å². The van der Waals surface area contributed by atoms with Crippen molar-refractivity contribution in [3.8, 4) is 5.75 Å².